The summed E-state index contributed by atoms with van der Waals surface area (Å²) in [6, 6.07) is 39.0. The van der Waals surface area contributed by atoms with Gasteiger partial charge in [-0.05, 0) is 52.8 Å². The number of aryl methyl sites for hydroxylation is 1. The van der Waals surface area contributed by atoms with E-state index < -0.39 is 23.2 Å². The first-order valence-electron chi connectivity index (χ1n) is 16.0. The van der Waals surface area contributed by atoms with Crippen molar-refractivity contribution in [3.63, 3.8) is 0 Å². The average Bonchev–Trinajstić information content (AvgIpc) is 3.11. The Labute approximate surface area is 294 Å². The van der Waals surface area contributed by atoms with Gasteiger partial charge in [0.25, 0.3) is 5.91 Å². The van der Waals surface area contributed by atoms with Crippen LogP contribution in [-0.4, -0.2) is 29.4 Å². The highest BCUT2D eigenvalue weighted by molar-refractivity contribution is 7.18. The molecule has 1 amide bonds. The van der Waals surface area contributed by atoms with E-state index in [2.05, 4.69) is 68.0 Å². The number of carbonyl (C=O) groups excluding carboxylic acids is 2. The third kappa shape index (κ3) is 7.36. The van der Waals surface area contributed by atoms with Crippen LogP contribution in [0.25, 0.3) is 0 Å². The van der Waals surface area contributed by atoms with Crippen LogP contribution in [0.2, 0.25) is 10.0 Å². The number of nitrogens with zero attached hydrogens (tertiary/aromatic N) is 1. The normalized spacial score (nSPS) is 13.8. The van der Waals surface area contributed by atoms with Gasteiger partial charge in [0, 0.05) is 19.5 Å². The van der Waals surface area contributed by atoms with Gasteiger partial charge in [-0.15, -0.1) is 9.24 Å². The van der Waals surface area contributed by atoms with E-state index in [0.717, 1.165) is 38.9 Å². The molecule has 0 fully saturated rings. The fourth-order valence-corrected chi connectivity index (χ4v) is 7.77. The topological polar surface area (TPSA) is 58.6 Å². The molecule has 2 atom stereocenters. The minimum atomic E-state index is -0.948. The quantitative estimate of drug-likeness (QED) is 0.118. The van der Waals surface area contributed by atoms with Crippen LogP contribution >= 0.6 is 32.4 Å². The lowest BCUT2D eigenvalue weighted by Gasteiger charge is -2.45. The Balaban J connectivity index is 1.26. The molecular weight excluding hydrogens is 658 g/mol. The maximum Gasteiger partial charge on any atom is 0.329 e. The number of hydrogen-bond donors (Lipinski definition) is 1. The molecule has 0 saturated carbocycles. The number of esters is 1. The lowest BCUT2D eigenvalue weighted by Crippen LogP contribution is -2.45. The van der Waals surface area contributed by atoms with E-state index in [4.69, 9.17) is 27.9 Å². The Morgan fingerprint density at radius 2 is 1.46 bits per heavy atom. The second kappa shape index (κ2) is 15.1. The molecule has 8 heteroatoms. The molecule has 0 spiro atoms. The molecule has 0 aliphatic carbocycles. The Morgan fingerprint density at radius 3 is 2.08 bits per heavy atom. The molecule has 0 radical (unpaired) electrons. The smallest absolute Gasteiger partial charge is 0.329 e. The van der Waals surface area contributed by atoms with Crippen LogP contribution in [0.3, 0.4) is 0 Å². The molecule has 1 unspecified atom stereocenters. The largest absolute Gasteiger partial charge is 0.459 e. The third-order valence-corrected chi connectivity index (χ3v) is 10.6. The summed E-state index contributed by atoms with van der Waals surface area (Å²) in [5, 5.41) is 2.97. The number of ether oxygens (including phenoxy) is 1. The van der Waals surface area contributed by atoms with Crippen molar-refractivity contribution in [1.82, 2.24) is 10.2 Å². The van der Waals surface area contributed by atoms with Crippen molar-refractivity contribution in [2.24, 2.45) is 0 Å². The van der Waals surface area contributed by atoms with Gasteiger partial charge >= 0.3 is 5.97 Å². The molecule has 0 aromatic heterocycles. The summed E-state index contributed by atoms with van der Waals surface area (Å²) in [6.07, 6.45) is 0.874. The molecule has 1 aliphatic rings. The summed E-state index contributed by atoms with van der Waals surface area (Å²) < 4.78 is 5.67. The van der Waals surface area contributed by atoms with Gasteiger partial charge < -0.3 is 10.1 Å². The number of carbonyl (C=O) groups is 2. The van der Waals surface area contributed by atoms with E-state index in [0.29, 0.717) is 24.5 Å². The van der Waals surface area contributed by atoms with E-state index in [9.17, 15) is 9.59 Å². The lowest BCUT2D eigenvalue weighted by molar-refractivity contribution is -0.147. The molecule has 1 N–H and O–H groups in total. The van der Waals surface area contributed by atoms with E-state index in [1.165, 1.54) is 0 Å². The molecule has 1 aliphatic heterocycles. The monoisotopic (exact) mass is 694 g/mol. The number of nitrogens with one attached hydrogen (secondary N) is 1. The van der Waals surface area contributed by atoms with Gasteiger partial charge in [0.1, 0.15) is 12.6 Å². The number of benzene rings is 5. The number of fused-ring (bicyclic) bond motifs is 1. The zero-order valence-electron chi connectivity index (χ0n) is 26.7. The van der Waals surface area contributed by atoms with Gasteiger partial charge in [0.2, 0.25) is 0 Å². The van der Waals surface area contributed by atoms with Crippen molar-refractivity contribution in [3.05, 3.63) is 176 Å². The van der Waals surface area contributed by atoms with Crippen molar-refractivity contribution in [1.29, 1.82) is 0 Å². The van der Waals surface area contributed by atoms with E-state index in [1.54, 1.807) is 0 Å². The van der Waals surface area contributed by atoms with Crippen molar-refractivity contribution < 1.29 is 14.3 Å². The van der Waals surface area contributed by atoms with E-state index in [1.807, 2.05) is 79.7 Å². The maximum atomic E-state index is 13.9. The highest BCUT2D eigenvalue weighted by Gasteiger charge is 2.39. The number of amides is 1. The van der Waals surface area contributed by atoms with Crippen molar-refractivity contribution in [2.45, 2.75) is 44.2 Å². The standard InChI is InChI=1S/C40H37Cl2N2O3P/c1-27-12-11-15-29(22-27)23-35(39(46)47-26-28-13-5-2-6-14-28)43-38(45)36-34(41)24-30-25-44(21-20-33(30)37(36)42)40(48,31-16-7-3-8-17-31)32-18-9-4-10-19-32/h2-19,22,24,35H,20-21,23,25-26,48H2,1H3,(H,43,45)/t35-/m0/s1. The molecule has 244 valence electrons. The van der Waals surface area contributed by atoms with Crippen LogP contribution in [0.15, 0.2) is 121 Å². The Bertz CT molecular complexity index is 1870. The molecule has 1 heterocycles. The zero-order valence-corrected chi connectivity index (χ0v) is 29.3. The maximum absolute atomic E-state index is 13.9. The molecule has 5 nitrogen and oxygen atoms in total. The van der Waals surface area contributed by atoms with Crippen LogP contribution < -0.4 is 5.32 Å². The molecule has 5 aromatic rings. The SMILES string of the molecule is Cc1cccc(C[C@H](NC(=O)c2c(Cl)cc3c(c2Cl)CCN(C(P)(c2ccccc2)c2ccccc2)C3)C(=O)OCc2ccccc2)c1. The van der Waals surface area contributed by atoms with Crippen molar-refractivity contribution in [2.75, 3.05) is 6.54 Å². The number of hydrogen-bond acceptors (Lipinski definition) is 4. The Kier molecular flexibility index (Phi) is 10.6. The van der Waals surface area contributed by atoms with Crippen LogP contribution in [0.5, 0.6) is 0 Å². The van der Waals surface area contributed by atoms with Crippen molar-refractivity contribution >= 4 is 44.3 Å². The minimum absolute atomic E-state index is 0.0971. The fourth-order valence-electron chi connectivity index (χ4n) is 6.41. The second-order valence-electron chi connectivity index (χ2n) is 12.2. The van der Waals surface area contributed by atoms with Gasteiger partial charge in [-0.3, -0.25) is 9.69 Å². The van der Waals surface area contributed by atoms with Crippen LogP contribution in [0.4, 0.5) is 0 Å². The van der Waals surface area contributed by atoms with Crippen LogP contribution in [-0.2, 0) is 40.8 Å². The highest BCUT2D eigenvalue weighted by Crippen LogP contribution is 2.45. The van der Waals surface area contributed by atoms with Gasteiger partial charge in [0.05, 0.1) is 20.9 Å². The van der Waals surface area contributed by atoms with Gasteiger partial charge in [-0.1, -0.05) is 144 Å². The van der Waals surface area contributed by atoms with Crippen LogP contribution in [0, 0.1) is 6.92 Å². The summed E-state index contributed by atoms with van der Waals surface area (Å²) in [4.78, 5) is 29.7. The minimum Gasteiger partial charge on any atom is -0.459 e. The molecule has 6 rings (SSSR count). The first-order valence-corrected chi connectivity index (χ1v) is 17.3. The third-order valence-electron chi connectivity index (χ3n) is 8.89. The summed E-state index contributed by atoms with van der Waals surface area (Å²) in [5.41, 5.74) is 7.13. The summed E-state index contributed by atoms with van der Waals surface area (Å²) in [7, 11) is 3.09. The van der Waals surface area contributed by atoms with E-state index >= 15 is 0 Å². The number of rotatable bonds is 10. The van der Waals surface area contributed by atoms with Gasteiger partial charge in [-0.25, -0.2) is 4.79 Å². The molecule has 0 saturated heterocycles. The van der Waals surface area contributed by atoms with Gasteiger partial charge in [-0.2, -0.15) is 0 Å². The average molecular weight is 696 g/mol. The Hall–Kier alpha value is -3.99. The Morgan fingerprint density at radius 1 is 0.854 bits per heavy atom. The van der Waals surface area contributed by atoms with E-state index in [-0.39, 0.29) is 23.6 Å². The zero-order chi connectivity index (χ0) is 33.7. The molecule has 48 heavy (non-hydrogen) atoms. The van der Waals surface area contributed by atoms with Crippen LogP contribution in [0.1, 0.15) is 49.3 Å². The lowest BCUT2D eigenvalue weighted by atomic mass is 9.90. The highest BCUT2D eigenvalue weighted by atomic mass is 35.5. The van der Waals surface area contributed by atoms with Gasteiger partial charge in [0.15, 0.2) is 0 Å². The number of halogens is 2. The molecule has 0 bridgehead atoms. The first-order chi connectivity index (χ1) is 23.2. The molecular formula is C40H37Cl2N2O3P. The second-order valence-corrected chi connectivity index (χ2v) is 13.8. The van der Waals surface area contributed by atoms with Crippen molar-refractivity contribution in [3.8, 4) is 0 Å². The summed E-state index contributed by atoms with van der Waals surface area (Å²) in [6.45, 7) is 3.36. The predicted octanol–water partition coefficient (Wildman–Crippen LogP) is 8.52. The summed E-state index contributed by atoms with van der Waals surface area (Å²) >= 11 is 13.9. The molecule has 5 aromatic carbocycles. The summed E-state index contributed by atoms with van der Waals surface area (Å²) in [5.74, 6) is -1.05. The fraction of sp³-hybridized carbons (Fsp3) is 0.200. The predicted molar refractivity (Wildman–Crippen MR) is 196 cm³/mol. The first kappa shape index (κ1) is 33.9.